The first-order chi connectivity index (χ1) is 16.7. The predicted molar refractivity (Wildman–Crippen MR) is 135 cm³/mol. The Morgan fingerprint density at radius 3 is 2.50 bits per heavy atom. The van der Waals surface area contributed by atoms with Crippen molar-refractivity contribution < 1.29 is 9.47 Å². The van der Waals surface area contributed by atoms with Gasteiger partial charge in [0.2, 0.25) is 4.96 Å². The molecule has 5 aromatic rings. The van der Waals surface area contributed by atoms with E-state index < -0.39 is 0 Å². The van der Waals surface area contributed by atoms with Gasteiger partial charge in [0.1, 0.15) is 17.2 Å². The zero-order valence-corrected chi connectivity index (χ0v) is 19.5. The molecule has 0 saturated carbocycles. The van der Waals surface area contributed by atoms with Gasteiger partial charge in [0, 0.05) is 5.56 Å². The number of ether oxygens (including phenoxy) is 2. The van der Waals surface area contributed by atoms with Crippen LogP contribution < -0.4 is 19.6 Å². The highest BCUT2D eigenvalue weighted by atomic mass is 32.1. The van der Waals surface area contributed by atoms with E-state index in [0.29, 0.717) is 27.7 Å². The number of thiazole rings is 1. The Labute approximate surface area is 200 Å². The average molecular weight is 470 g/mol. The van der Waals surface area contributed by atoms with E-state index >= 15 is 0 Å². The number of aromatic nitrogens is 3. The summed E-state index contributed by atoms with van der Waals surface area (Å²) in [6.07, 6.45) is 3.96. The van der Waals surface area contributed by atoms with Crippen molar-refractivity contribution in [1.29, 1.82) is 0 Å². The van der Waals surface area contributed by atoms with Crippen molar-refractivity contribution in [3.63, 3.8) is 0 Å². The van der Waals surface area contributed by atoms with E-state index in [0.717, 1.165) is 35.5 Å². The topological polar surface area (TPSA) is 65.7 Å². The molecule has 0 atom stereocenters. The van der Waals surface area contributed by atoms with Gasteiger partial charge in [-0.05, 0) is 66.6 Å². The summed E-state index contributed by atoms with van der Waals surface area (Å²) in [5, 5.41) is 4.44. The minimum Gasteiger partial charge on any atom is -0.494 e. The second-order valence-corrected chi connectivity index (χ2v) is 8.77. The third-order valence-electron chi connectivity index (χ3n) is 5.20. The van der Waals surface area contributed by atoms with Crippen molar-refractivity contribution in [3.05, 3.63) is 99.3 Å². The van der Waals surface area contributed by atoms with Crippen molar-refractivity contribution in [3.8, 4) is 28.6 Å². The van der Waals surface area contributed by atoms with E-state index in [1.807, 2.05) is 84.9 Å². The molecule has 2 aromatic heterocycles. The first-order valence-electron chi connectivity index (χ1n) is 11.2. The molecule has 0 aliphatic heterocycles. The van der Waals surface area contributed by atoms with E-state index in [9.17, 15) is 4.79 Å². The number of hydrogen-bond donors (Lipinski definition) is 0. The number of rotatable bonds is 8. The molecule has 5 rings (SSSR count). The maximum absolute atomic E-state index is 12.9. The Hall–Kier alpha value is -3.97. The molecule has 0 radical (unpaired) electrons. The summed E-state index contributed by atoms with van der Waals surface area (Å²) in [7, 11) is 0. The maximum atomic E-state index is 12.9. The summed E-state index contributed by atoms with van der Waals surface area (Å²) in [6, 6.07) is 24.8. The lowest BCUT2D eigenvalue weighted by Gasteiger charge is -2.05. The van der Waals surface area contributed by atoms with Gasteiger partial charge in [-0.15, -0.1) is 5.10 Å². The molecule has 0 unspecified atom stereocenters. The fraction of sp³-hybridized carbons (Fsp3) is 0.148. The van der Waals surface area contributed by atoms with Crippen molar-refractivity contribution >= 4 is 22.4 Å². The van der Waals surface area contributed by atoms with Gasteiger partial charge in [0.05, 0.1) is 11.1 Å². The first kappa shape index (κ1) is 21.9. The second-order valence-electron chi connectivity index (χ2n) is 7.76. The van der Waals surface area contributed by atoms with Crippen LogP contribution in [0.15, 0.2) is 83.7 Å². The van der Waals surface area contributed by atoms with E-state index in [2.05, 4.69) is 17.0 Å². The highest BCUT2D eigenvalue weighted by Gasteiger charge is 2.12. The SMILES string of the molecule is CCCCOc1ccc(-c2nc3s/c(=C\c4cccc(Oc5ccccc5)c4)c(=O)n3n2)cc1. The molecule has 0 aliphatic rings. The van der Waals surface area contributed by atoms with Gasteiger partial charge in [-0.3, -0.25) is 4.79 Å². The lowest BCUT2D eigenvalue weighted by atomic mass is 10.2. The van der Waals surface area contributed by atoms with Crippen molar-refractivity contribution in [2.45, 2.75) is 19.8 Å². The van der Waals surface area contributed by atoms with Crippen LogP contribution in [0.1, 0.15) is 25.3 Å². The van der Waals surface area contributed by atoms with E-state index in [1.165, 1.54) is 15.9 Å². The normalized spacial score (nSPS) is 11.7. The van der Waals surface area contributed by atoms with Crippen LogP contribution in [0.2, 0.25) is 0 Å². The van der Waals surface area contributed by atoms with Gasteiger partial charge in [-0.2, -0.15) is 9.50 Å². The van der Waals surface area contributed by atoms with Crippen molar-refractivity contribution in [1.82, 2.24) is 14.6 Å². The summed E-state index contributed by atoms with van der Waals surface area (Å²) >= 11 is 1.32. The van der Waals surface area contributed by atoms with Gasteiger partial charge in [-0.1, -0.05) is 55.0 Å². The van der Waals surface area contributed by atoms with Crippen LogP contribution in [0.25, 0.3) is 22.4 Å². The number of fused-ring (bicyclic) bond motifs is 1. The van der Waals surface area contributed by atoms with Crippen LogP contribution >= 0.6 is 11.3 Å². The summed E-state index contributed by atoms with van der Waals surface area (Å²) in [6.45, 7) is 2.84. The number of nitrogens with zero attached hydrogens (tertiary/aromatic N) is 3. The molecule has 3 aromatic carbocycles. The molecule has 7 heteroatoms. The molecule has 0 saturated heterocycles. The number of unbranched alkanes of at least 4 members (excludes halogenated alkanes) is 1. The fourth-order valence-corrected chi connectivity index (χ4v) is 4.34. The van der Waals surface area contributed by atoms with Gasteiger partial charge in [0.25, 0.3) is 5.56 Å². The molecule has 0 amide bonds. The number of hydrogen-bond acceptors (Lipinski definition) is 6. The monoisotopic (exact) mass is 469 g/mol. The molecule has 0 fully saturated rings. The molecule has 0 bridgehead atoms. The van der Waals surface area contributed by atoms with E-state index in [4.69, 9.17) is 9.47 Å². The average Bonchev–Trinajstić information content (AvgIpc) is 3.40. The largest absolute Gasteiger partial charge is 0.494 e. The third-order valence-corrected chi connectivity index (χ3v) is 6.15. The van der Waals surface area contributed by atoms with Gasteiger partial charge < -0.3 is 9.47 Å². The molecule has 0 spiro atoms. The quantitative estimate of drug-likeness (QED) is 0.287. The summed E-state index contributed by atoms with van der Waals surface area (Å²) < 4.78 is 13.5. The molecule has 34 heavy (non-hydrogen) atoms. The smallest absolute Gasteiger partial charge is 0.291 e. The van der Waals surface area contributed by atoms with Crippen LogP contribution in [0.4, 0.5) is 0 Å². The molecule has 6 nitrogen and oxygen atoms in total. The summed E-state index contributed by atoms with van der Waals surface area (Å²) in [5.41, 5.74) is 1.52. The molecule has 170 valence electrons. The highest BCUT2D eigenvalue weighted by molar-refractivity contribution is 7.15. The predicted octanol–water partition coefficient (Wildman–Crippen LogP) is 5.34. The van der Waals surface area contributed by atoms with Gasteiger partial charge in [0.15, 0.2) is 5.82 Å². The van der Waals surface area contributed by atoms with Crippen LogP contribution in [0.3, 0.4) is 0 Å². The summed E-state index contributed by atoms with van der Waals surface area (Å²) in [4.78, 5) is 18.1. The first-order valence-corrected chi connectivity index (χ1v) is 12.0. The van der Waals surface area contributed by atoms with Crippen LogP contribution in [0.5, 0.6) is 17.2 Å². The van der Waals surface area contributed by atoms with E-state index in [1.54, 1.807) is 0 Å². The standard InChI is InChI=1S/C27H23N3O3S/c1-2-3-16-32-21-14-12-20(13-15-21)25-28-27-30(29-25)26(31)24(34-27)18-19-8-7-11-23(17-19)33-22-9-5-4-6-10-22/h4-15,17-18H,2-3,16H2,1H3/b24-18-. The zero-order chi connectivity index (χ0) is 23.3. The lowest BCUT2D eigenvalue weighted by molar-refractivity contribution is 0.309. The van der Waals surface area contributed by atoms with Gasteiger partial charge in [-0.25, -0.2) is 0 Å². The van der Waals surface area contributed by atoms with Crippen molar-refractivity contribution in [2.75, 3.05) is 6.61 Å². The zero-order valence-electron chi connectivity index (χ0n) is 18.7. The Kier molecular flexibility index (Phi) is 6.35. The highest BCUT2D eigenvalue weighted by Crippen LogP contribution is 2.23. The van der Waals surface area contributed by atoms with Gasteiger partial charge >= 0.3 is 0 Å². The minimum atomic E-state index is -0.187. The van der Waals surface area contributed by atoms with Crippen LogP contribution in [-0.4, -0.2) is 21.2 Å². The molecule has 0 N–H and O–H groups in total. The Morgan fingerprint density at radius 2 is 1.74 bits per heavy atom. The molecular weight excluding hydrogens is 446 g/mol. The Balaban J connectivity index is 1.38. The number of benzene rings is 3. The Bertz CT molecular complexity index is 1510. The Morgan fingerprint density at radius 1 is 0.941 bits per heavy atom. The molecule has 0 aliphatic carbocycles. The maximum Gasteiger partial charge on any atom is 0.291 e. The fourth-order valence-electron chi connectivity index (χ4n) is 3.43. The van der Waals surface area contributed by atoms with Crippen LogP contribution in [-0.2, 0) is 0 Å². The number of para-hydroxylation sites is 1. The molecule has 2 heterocycles. The third kappa shape index (κ3) is 4.84. The summed E-state index contributed by atoms with van der Waals surface area (Å²) in [5.74, 6) is 2.80. The minimum absolute atomic E-state index is 0.187. The van der Waals surface area contributed by atoms with Crippen molar-refractivity contribution in [2.24, 2.45) is 0 Å². The van der Waals surface area contributed by atoms with E-state index in [-0.39, 0.29) is 5.56 Å². The second kappa shape index (κ2) is 9.89. The lowest BCUT2D eigenvalue weighted by Crippen LogP contribution is -2.23. The van der Waals surface area contributed by atoms with Crippen LogP contribution in [0, 0.1) is 0 Å². The molecular formula is C27H23N3O3S.